The number of fused-ring (bicyclic) bond motifs is 1. The predicted octanol–water partition coefficient (Wildman–Crippen LogP) is 4.02. The van der Waals surface area contributed by atoms with Crippen LogP contribution in [0.4, 0.5) is 0 Å². The Kier molecular flexibility index (Phi) is 4.66. The lowest BCUT2D eigenvalue weighted by atomic mass is 10.0. The van der Waals surface area contributed by atoms with E-state index in [1.165, 1.54) is 29.9 Å². The van der Waals surface area contributed by atoms with E-state index in [-0.39, 0.29) is 0 Å². The lowest BCUT2D eigenvalue weighted by Crippen LogP contribution is -2.07. The van der Waals surface area contributed by atoms with Crippen molar-refractivity contribution in [3.8, 4) is 11.4 Å². The molecule has 0 radical (unpaired) electrons. The summed E-state index contributed by atoms with van der Waals surface area (Å²) in [5, 5.41) is 13.3. The van der Waals surface area contributed by atoms with Gasteiger partial charge >= 0.3 is 0 Å². The van der Waals surface area contributed by atoms with Crippen molar-refractivity contribution in [2.75, 3.05) is 0 Å². The Labute approximate surface area is 167 Å². The van der Waals surface area contributed by atoms with Crippen LogP contribution in [0.1, 0.15) is 30.1 Å². The maximum absolute atomic E-state index is 4.98. The van der Waals surface area contributed by atoms with Crippen LogP contribution < -0.4 is 0 Å². The highest BCUT2D eigenvalue weighted by atomic mass is 32.2. The highest BCUT2D eigenvalue weighted by Gasteiger charge is 2.22. The van der Waals surface area contributed by atoms with Crippen LogP contribution >= 0.6 is 11.8 Å². The molecule has 1 aliphatic carbocycles. The Morgan fingerprint density at radius 2 is 1.57 bits per heavy atom. The van der Waals surface area contributed by atoms with Gasteiger partial charge in [0, 0.05) is 11.4 Å². The first-order chi connectivity index (χ1) is 13.9. The molecule has 0 fully saturated rings. The number of para-hydroxylation sites is 2. The fraction of sp³-hybridized carbons (Fsp3) is 0.238. The van der Waals surface area contributed by atoms with E-state index in [2.05, 4.69) is 44.4 Å². The molecule has 6 nitrogen and oxygen atoms in total. The Hall–Kier alpha value is -2.93. The first-order valence-electron chi connectivity index (χ1n) is 9.51. The van der Waals surface area contributed by atoms with Crippen molar-refractivity contribution >= 4 is 11.8 Å². The third-order valence-electron chi connectivity index (χ3n) is 4.98. The number of imidazole rings is 1. The van der Waals surface area contributed by atoms with Gasteiger partial charge in [-0.2, -0.15) is 4.68 Å². The molecule has 0 N–H and O–H groups in total. The number of rotatable bonds is 5. The molecular weight excluding hydrogens is 368 g/mol. The molecule has 5 rings (SSSR count). The van der Waals surface area contributed by atoms with Crippen LogP contribution in [0, 0.1) is 0 Å². The second-order valence-corrected chi connectivity index (χ2v) is 7.74. The van der Waals surface area contributed by atoms with Gasteiger partial charge in [-0.1, -0.05) is 48.2 Å². The van der Waals surface area contributed by atoms with Crippen molar-refractivity contribution < 1.29 is 0 Å². The van der Waals surface area contributed by atoms with Crippen LogP contribution in [-0.4, -0.2) is 29.8 Å². The lowest BCUT2D eigenvalue weighted by Gasteiger charge is -2.15. The standard InChI is InChI=1S/C21H20N6S/c1-3-9-16(10-4-1)26-19-14-8-7-13-18(19)22-21(26)28-15-20-23-24-25-27(20)17-11-5-2-6-12-17/h1-6,9-12H,7-8,13-15H2. The van der Waals surface area contributed by atoms with Gasteiger partial charge in [-0.05, 0) is 60.4 Å². The Balaban J connectivity index is 1.47. The summed E-state index contributed by atoms with van der Waals surface area (Å²) in [5.74, 6) is 1.47. The molecular formula is C21H20N6S. The van der Waals surface area contributed by atoms with E-state index in [0.717, 1.165) is 29.5 Å². The molecule has 0 unspecified atom stereocenters. The van der Waals surface area contributed by atoms with Crippen LogP contribution in [0.25, 0.3) is 11.4 Å². The van der Waals surface area contributed by atoms with E-state index in [1.54, 1.807) is 16.4 Å². The average Bonchev–Trinajstić information content (AvgIpc) is 3.37. The van der Waals surface area contributed by atoms with E-state index >= 15 is 0 Å². The summed E-state index contributed by atoms with van der Waals surface area (Å²) >= 11 is 1.69. The van der Waals surface area contributed by atoms with Gasteiger partial charge in [0.1, 0.15) is 0 Å². The summed E-state index contributed by atoms with van der Waals surface area (Å²) in [6, 6.07) is 20.5. The maximum atomic E-state index is 4.98. The number of benzene rings is 2. The summed E-state index contributed by atoms with van der Waals surface area (Å²) in [4.78, 5) is 4.98. The van der Waals surface area contributed by atoms with Crippen LogP contribution in [0.3, 0.4) is 0 Å². The van der Waals surface area contributed by atoms with Crippen LogP contribution in [0.5, 0.6) is 0 Å². The normalized spacial score (nSPS) is 13.4. The second-order valence-electron chi connectivity index (χ2n) is 6.80. The molecule has 0 bridgehead atoms. The molecule has 0 saturated carbocycles. The van der Waals surface area contributed by atoms with Crippen molar-refractivity contribution in [3.05, 3.63) is 77.9 Å². The van der Waals surface area contributed by atoms with Crippen molar-refractivity contribution in [3.63, 3.8) is 0 Å². The highest BCUT2D eigenvalue weighted by Crippen LogP contribution is 2.32. The van der Waals surface area contributed by atoms with E-state index in [9.17, 15) is 0 Å². The zero-order chi connectivity index (χ0) is 18.8. The van der Waals surface area contributed by atoms with Gasteiger partial charge in [0.15, 0.2) is 11.0 Å². The van der Waals surface area contributed by atoms with E-state index < -0.39 is 0 Å². The van der Waals surface area contributed by atoms with Crippen molar-refractivity contribution in [1.29, 1.82) is 0 Å². The summed E-state index contributed by atoms with van der Waals surface area (Å²) in [6.07, 6.45) is 4.58. The first kappa shape index (κ1) is 17.2. The number of thioether (sulfide) groups is 1. The third-order valence-corrected chi connectivity index (χ3v) is 5.92. The fourth-order valence-electron chi connectivity index (χ4n) is 3.65. The van der Waals surface area contributed by atoms with E-state index in [0.29, 0.717) is 5.75 Å². The molecule has 2 aromatic heterocycles. The molecule has 1 aliphatic rings. The zero-order valence-corrected chi connectivity index (χ0v) is 16.2. The zero-order valence-electron chi connectivity index (χ0n) is 15.4. The number of aryl methyl sites for hydroxylation is 1. The summed E-state index contributed by atoms with van der Waals surface area (Å²) in [6.45, 7) is 0. The topological polar surface area (TPSA) is 61.4 Å². The molecule has 0 spiro atoms. The molecule has 140 valence electrons. The summed E-state index contributed by atoms with van der Waals surface area (Å²) < 4.78 is 4.11. The van der Waals surface area contributed by atoms with Crippen LogP contribution in [0.15, 0.2) is 65.8 Å². The maximum Gasteiger partial charge on any atom is 0.173 e. The average molecular weight is 389 g/mol. The molecule has 0 amide bonds. The van der Waals surface area contributed by atoms with Gasteiger partial charge in [0.05, 0.1) is 17.1 Å². The molecule has 0 aliphatic heterocycles. The number of hydrogen-bond donors (Lipinski definition) is 0. The first-order valence-corrected chi connectivity index (χ1v) is 10.5. The molecule has 7 heteroatoms. The van der Waals surface area contributed by atoms with Crippen LogP contribution in [0.2, 0.25) is 0 Å². The van der Waals surface area contributed by atoms with Crippen molar-refractivity contribution in [1.82, 2.24) is 29.8 Å². The van der Waals surface area contributed by atoms with Gasteiger partial charge in [-0.15, -0.1) is 5.10 Å². The Morgan fingerprint density at radius 3 is 2.36 bits per heavy atom. The van der Waals surface area contributed by atoms with Crippen molar-refractivity contribution in [2.24, 2.45) is 0 Å². The molecule has 28 heavy (non-hydrogen) atoms. The van der Waals surface area contributed by atoms with Crippen LogP contribution in [-0.2, 0) is 18.6 Å². The quantitative estimate of drug-likeness (QED) is 0.483. The Bertz CT molecular complexity index is 1070. The fourth-order valence-corrected chi connectivity index (χ4v) is 4.61. The number of aromatic nitrogens is 6. The summed E-state index contributed by atoms with van der Waals surface area (Å²) in [7, 11) is 0. The molecule has 0 saturated heterocycles. The predicted molar refractivity (Wildman–Crippen MR) is 109 cm³/mol. The van der Waals surface area contributed by atoms with E-state index in [1.807, 2.05) is 36.4 Å². The minimum absolute atomic E-state index is 0.657. The van der Waals surface area contributed by atoms with Crippen molar-refractivity contribution in [2.45, 2.75) is 36.6 Å². The Morgan fingerprint density at radius 1 is 0.857 bits per heavy atom. The lowest BCUT2D eigenvalue weighted by molar-refractivity contribution is 0.654. The largest absolute Gasteiger partial charge is 0.292 e. The van der Waals surface area contributed by atoms with Gasteiger partial charge in [0.25, 0.3) is 0 Å². The third kappa shape index (κ3) is 3.22. The number of tetrazole rings is 1. The SMILES string of the molecule is c1ccc(-n2nnnc2CSc2nc3c(n2-c2ccccc2)CCCC3)cc1. The van der Waals surface area contributed by atoms with E-state index in [4.69, 9.17) is 4.98 Å². The van der Waals surface area contributed by atoms with Gasteiger partial charge < -0.3 is 0 Å². The smallest absolute Gasteiger partial charge is 0.173 e. The number of hydrogen-bond acceptors (Lipinski definition) is 5. The molecule has 4 aromatic rings. The second kappa shape index (κ2) is 7.59. The highest BCUT2D eigenvalue weighted by molar-refractivity contribution is 7.98. The molecule has 2 heterocycles. The summed E-state index contributed by atoms with van der Waals surface area (Å²) in [5.41, 5.74) is 4.72. The van der Waals surface area contributed by atoms with Gasteiger partial charge in [-0.25, -0.2) is 4.98 Å². The van der Waals surface area contributed by atoms with Gasteiger partial charge in [0.2, 0.25) is 0 Å². The van der Waals surface area contributed by atoms with Gasteiger partial charge in [-0.3, -0.25) is 4.57 Å². The minimum Gasteiger partial charge on any atom is -0.292 e. The minimum atomic E-state index is 0.657. The molecule has 0 atom stereocenters. The monoisotopic (exact) mass is 388 g/mol. The number of nitrogens with zero attached hydrogens (tertiary/aromatic N) is 6. The molecule has 2 aromatic carbocycles.